The molecule has 0 spiro atoms. The van der Waals surface area contributed by atoms with Gasteiger partial charge in [-0.2, -0.15) is 0 Å². The summed E-state index contributed by atoms with van der Waals surface area (Å²) < 4.78 is 2.08. The predicted molar refractivity (Wildman–Crippen MR) is 96.8 cm³/mol. The number of hydrogen-bond donors (Lipinski definition) is 0. The average molecular weight is 326 g/mol. The van der Waals surface area contributed by atoms with Crippen molar-refractivity contribution in [1.82, 2.24) is 19.5 Å². The van der Waals surface area contributed by atoms with Crippen molar-refractivity contribution in [2.75, 3.05) is 5.75 Å². The highest BCUT2D eigenvalue weighted by Crippen LogP contribution is 2.31. The first-order valence-corrected chi connectivity index (χ1v) is 9.11. The van der Waals surface area contributed by atoms with Crippen molar-refractivity contribution in [3.8, 4) is 11.4 Å². The highest BCUT2D eigenvalue weighted by molar-refractivity contribution is 7.99. The third kappa shape index (κ3) is 3.24. The van der Waals surface area contributed by atoms with Crippen LogP contribution in [0.5, 0.6) is 0 Å². The third-order valence-electron chi connectivity index (χ3n) is 3.79. The summed E-state index contributed by atoms with van der Waals surface area (Å²) in [4.78, 5) is 14.9. The molecule has 0 aliphatic carbocycles. The summed E-state index contributed by atoms with van der Waals surface area (Å²) in [6, 6.07) is 4.21. The van der Waals surface area contributed by atoms with E-state index < -0.39 is 0 Å². The van der Waals surface area contributed by atoms with Gasteiger partial charge in [0.1, 0.15) is 11.3 Å². The fraction of sp³-hybridized carbons (Fsp3) is 0.389. The third-order valence-corrected chi connectivity index (χ3v) is 5.04. The van der Waals surface area contributed by atoms with Crippen molar-refractivity contribution < 1.29 is 0 Å². The Morgan fingerprint density at radius 2 is 2.04 bits per heavy atom. The molecule has 0 aliphatic heterocycles. The minimum absolute atomic E-state index is 0.933. The SMILES string of the molecule is CCCSc1cnccc1-c1nc2cc(CCC)cnc2n1C. The monoisotopic (exact) mass is 326 g/mol. The summed E-state index contributed by atoms with van der Waals surface area (Å²) in [5.74, 6) is 2.05. The van der Waals surface area contributed by atoms with Crippen LogP contribution in [0, 0.1) is 0 Å². The maximum atomic E-state index is 4.85. The van der Waals surface area contributed by atoms with Crippen LogP contribution in [-0.2, 0) is 13.5 Å². The molecular formula is C18H22N4S. The Hall–Kier alpha value is -1.88. The Balaban J connectivity index is 2.08. The van der Waals surface area contributed by atoms with Crippen LogP contribution < -0.4 is 0 Å². The number of pyridine rings is 2. The number of thioether (sulfide) groups is 1. The summed E-state index contributed by atoms with van der Waals surface area (Å²) in [6.07, 6.45) is 9.04. The van der Waals surface area contributed by atoms with E-state index in [-0.39, 0.29) is 0 Å². The molecule has 0 saturated carbocycles. The van der Waals surface area contributed by atoms with Gasteiger partial charge in [0.25, 0.3) is 0 Å². The second kappa shape index (κ2) is 7.13. The molecular weight excluding hydrogens is 304 g/mol. The number of imidazole rings is 1. The molecule has 5 heteroatoms. The standard InChI is InChI=1S/C18H22N4S/c1-4-6-13-10-15-18(20-11-13)22(3)17(21-15)14-7-8-19-12-16(14)23-9-5-2/h7-8,10-12H,4-6,9H2,1-3H3. The first-order valence-electron chi connectivity index (χ1n) is 8.13. The van der Waals surface area contributed by atoms with E-state index in [0.29, 0.717) is 0 Å². The molecule has 0 N–H and O–H groups in total. The molecule has 0 aromatic carbocycles. The molecule has 0 fully saturated rings. The molecule has 0 unspecified atom stereocenters. The van der Waals surface area contributed by atoms with E-state index in [9.17, 15) is 0 Å². The summed E-state index contributed by atoms with van der Waals surface area (Å²) in [5.41, 5.74) is 4.29. The van der Waals surface area contributed by atoms with Gasteiger partial charge < -0.3 is 4.57 Å². The van der Waals surface area contributed by atoms with Crippen LogP contribution in [0.1, 0.15) is 32.3 Å². The van der Waals surface area contributed by atoms with Gasteiger partial charge in [-0.15, -0.1) is 11.8 Å². The maximum Gasteiger partial charge on any atom is 0.160 e. The minimum atomic E-state index is 0.933. The molecule has 3 heterocycles. The molecule has 3 rings (SSSR count). The van der Waals surface area contributed by atoms with Crippen LogP contribution in [0.15, 0.2) is 35.6 Å². The van der Waals surface area contributed by atoms with Crippen LogP contribution in [0.4, 0.5) is 0 Å². The smallest absolute Gasteiger partial charge is 0.160 e. The number of aryl methyl sites for hydroxylation is 2. The van der Waals surface area contributed by atoms with Gasteiger partial charge in [0.05, 0.1) is 0 Å². The highest BCUT2D eigenvalue weighted by Gasteiger charge is 2.14. The van der Waals surface area contributed by atoms with Crippen molar-refractivity contribution >= 4 is 22.9 Å². The Morgan fingerprint density at radius 1 is 1.17 bits per heavy atom. The Morgan fingerprint density at radius 3 is 2.83 bits per heavy atom. The normalized spacial score (nSPS) is 11.3. The molecule has 23 heavy (non-hydrogen) atoms. The van der Waals surface area contributed by atoms with E-state index >= 15 is 0 Å². The van der Waals surface area contributed by atoms with Crippen molar-refractivity contribution in [1.29, 1.82) is 0 Å². The molecule has 0 radical (unpaired) electrons. The molecule has 120 valence electrons. The first kappa shape index (κ1) is 16.0. The number of fused-ring (bicyclic) bond motifs is 1. The summed E-state index contributed by atoms with van der Waals surface area (Å²) in [6.45, 7) is 4.37. The van der Waals surface area contributed by atoms with E-state index in [1.54, 1.807) is 0 Å². The van der Waals surface area contributed by atoms with Gasteiger partial charge in [-0.3, -0.25) is 4.98 Å². The van der Waals surface area contributed by atoms with E-state index in [1.807, 2.05) is 43.5 Å². The molecule has 3 aromatic heterocycles. The minimum Gasteiger partial charge on any atom is -0.312 e. The van der Waals surface area contributed by atoms with Gasteiger partial charge in [-0.1, -0.05) is 20.3 Å². The van der Waals surface area contributed by atoms with Gasteiger partial charge in [-0.25, -0.2) is 9.97 Å². The fourth-order valence-electron chi connectivity index (χ4n) is 2.68. The van der Waals surface area contributed by atoms with Crippen LogP contribution in [0.3, 0.4) is 0 Å². The van der Waals surface area contributed by atoms with Crippen molar-refractivity contribution in [3.05, 3.63) is 36.3 Å². The Kier molecular flexibility index (Phi) is 4.96. The van der Waals surface area contributed by atoms with Gasteiger partial charge in [-0.05, 0) is 36.3 Å². The molecule has 0 atom stereocenters. The summed E-state index contributed by atoms with van der Waals surface area (Å²) in [7, 11) is 2.03. The molecule has 0 amide bonds. The summed E-state index contributed by atoms with van der Waals surface area (Å²) in [5, 5.41) is 0. The van der Waals surface area contributed by atoms with Crippen LogP contribution >= 0.6 is 11.8 Å². The Bertz CT molecular complexity index is 810. The number of nitrogens with zero attached hydrogens (tertiary/aromatic N) is 4. The number of rotatable bonds is 6. The zero-order chi connectivity index (χ0) is 16.2. The quantitative estimate of drug-likeness (QED) is 0.626. The predicted octanol–water partition coefficient (Wildman–Crippen LogP) is 4.48. The second-order valence-electron chi connectivity index (χ2n) is 5.65. The van der Waals surface area contributed by atoms with Crippen LogP contribution in [0.2, 0.25) is 0 Å². The zero-order valence-corrected chi connectivity index (χ0v) is 14.7. The van der Waals surface area contributed by atoms with E-state index in [0.717, 1.165) is 47.6 Å². The lowest BCUT2D eigenvalue weighted by atomic mass is 10.2. The molecule has 4 nitrogen and oxygen atoms in total. The van der Waals surface area contributed by atoms with Gasteiger partial charge >= 0.3 is 0 Å². The fourth-order valence-corrected chi connectivity index (χ4v) is 3.55. The van der Waals surface area contributed by atoms with Gasteiger partial charge in [0.2, 0.25) is 0 Å². The zero-order valence-electron chi connectivity index (χ0n) is 13.9. The topological polar surface area (TPSA) is 43.6 Å². The van der Waals surface area contributed by atoms with Crippen LogP contribution in [0.25, 0.3) is 22.6 Å². The molecule has 0 saturated heterocycles. The molecule has 3 aromatic rings. The van der Waals surface area contributed by atoms with Crippen LogP contribution in [-0.4, -0.2) is 25.3 Å². The lowest BCUT2D eigenvalue weighted by Crippen LogP contribution is -1.96. The van der Waals surface area contributed by atoms with E-state index in [1.165, 1.54) is 10.5 Å². The lowest BCUT2D eigenvalue weighted by Gasteiger charge is -2.07. The molecule has 0 aliphatic rings. The number of aromatic nitrogens is 4. The van der Waals surface area contributed by atoms with Crippen molar-refractivity contribution in [2.45, 2.75) is 38.0 Å². The number of hydrogen-bond acceptors (Lipinski definition) is 4. The van der Waals surface area contributed by atoms with Gasteiger partial charge in [0, 0.05) is 36.1 Å². The molecule has 0 bridgehead atoms. The largest absolute Gasteiger partial charge is 0.312 e. The Labute approximate surface area is 141 Å². The maximum absolute atomic E-state index is 4.85. The average Bonchev–Trinajstić information content (AvgIpc) is 2.90. The van der Waals surface area contributed by atoms with E-state index in [2.05, 4.69) is 34.4 Å². The van der Waals surface area contributed by atoms with E-state index in [4.69, 9.17) is 4.98 Å². The first-order chi connectivity index (χ1) is 11.2. The van der Waals surface area contributed by atoms with Crippen molar-refractivity contribution in [3.63, 3.8) is 0 Å². The summed E-state index contributed by atoms with van der Waals surface area (Å²) >= 11 is 1.84. The van der Waals surface area contributed by atoms with Crippen molar-refractivity contribution in [2.24, 2.45) is 7.05 Å². The lowest BCUT2D eigenvalue weighted by molar-refractivity contribution is 0.909. The second-order valence-corrected chi connectivity index (χ2v) is 6.79. The van der Waals surface area contributed by atoms with Gasteiger partial charge in [0.15, 0.2) is 5.65 Å². The highest BCUT2D eigenvalue weighted by atomic mass is 32.2.